The number of rotatable bonds is 10. The van der Waals surface area contributed by atoms with Crippen molar-refractivity contribution in [2.24, 2.45) is 0 Å². The molecule has 5 rings (SSSR count). The summed E-state index contributed by atoms with van der Waals surface area (Å²) in [5, 5.41) is 10.5. The van der Waals surface area contributed by atoms with E-state index in [1.165, 1.54) is 18.2 Å². The van der Waals surface area contributed by atoms with Gasteiger partial charge < -0.3 is 14.8 Å². The summed E-state index contributed by atoms with van der Waals surface area (Å²) in [7, 11) is 0. The predicted molar refractivity (Wildman–Crippen MR) is 159 cm³/mol. The first-order valence-corrected chi connectivity index (χ1v) is 13.9. The van der Waals surface area contributed by atoms with Gasteiger partial charge in [0.15, 0.2) is 5.78 Å². The summed E-state index contributed by atoms with van der Waals surface area (Å²) in [5.41, 5.74) is 3.09. The van der Waals surface area contributed by atoms with E-state index in [9.17, 15) is 27.9 Å². The van der Waals surface area contributed by atoms with Crippen molar-refractivity contribution >= 4 is 34.4 Å². The van der Waals surface area contributed by atoms with Crippen molar-refractivity contribution in [3.8, 4) is 28.3 Å². The first-order valence-electron chi connectivity index (χ1n) is 13.5. The summed E-state index contributed by atoms with van der Waals surface area (Å²) >= 11 is 6.32. The third kappa shape index (κ3) is 6.89. The number of alkyl halides is 3. The van der Waals surface area contributed by atoms with Gasteiger partial charge in [-0.15, -0.1) is 13.2 Å². The number of aromatic nitrogens is 2. The van der Waals surface area contributed by atoms with E-state index in [0.29, 0.717) is 27.2 Å². The number of carboxylic acids is 1. The molecule has 10 heteroatoms. The number of carbonyl (C=O) groups excluding carboxylic acids is 1. The molecule has 1 aromatic heterocycles. The second-order valence-corrected chi connectivity index (χ2v) is 10.5. The molecule has 4 aromatic carbocycles. The molecule has 2 N–H and O–H groups in total. The van der Waals surface area contributed by atoms with Crippen LogP contribution in [0, 0.1) is 0 Å². The van der Waals surface area contributed by atoms with Crippen molar-refractivity contribution in [2.45, 2.75) is 38.5 Å². The zero-order chi connectivity index (χ0) is 30.7. The van der Waals surface area contributed by atoms with E-state index in [1.54, 1.807) is 30.3 Å². The molecule has 0 radical (unpaired) electrons. The van der Waals surface area contributed by atoms with Gasteiger partial charge in [0.1, 0.15) is 11.6 Å². The van der Waals surface area contributed by atoms with Crippen LogP contribution in [0.25, 0.3) is 33.5 Å². The van der Waals surface area contributed by atoms with Crippen molar-refractivity contribution in [1.82, 2.24) is 9.97 Å². The first kappa shape index (κ1) is 29.8. The van der Waals surface area contributed by atoms with Crippen LogP contribution in [0.3, 0.4) is 0 Å². The molecule has 5 aromatic rings. The minimum atomic E-state index is -4.85. The fraction of sp³-hybridized carbons (Fsp3) is 0.182. The van der Waals surface area contributed by atoms with E-state index >= 15 is 0 Å². The molecule has 0 unspecified atom stereocenters. The van der Waals surface area contributed by atoms with Gasteiger partial charge in [0, 0.05) is 28.6 Å². The lowest BCUT2D eigenvalue weighted by Gasteiger charge is -2.17. The number of aromatic carboxylic acids is 1. The summed E-state index contributed by atoms with van der Waals surface area (Å²) < 4.78 is 42.2. The third-order valence-electron chi connectivity index (χ3n) is 7.13. The Morgan fingerprint density at radius 3 is 2.40 bits per heavy atom. The molecule has 1 atom stereocenters. The Balaban J connectivity index is 1.52. The van der Waals surface area contributed by atoms with E-state index in [1.807, 2.05) is 30.3 Å². The summed E-state index contributed by atoms with van der Waals surface area (Å²) in [6, 6.07) is 22.8. The molecule has 220 valence electrons. The zero-order valence-corrected chi connectivity index (χ0v) is 23.7. The highest BCUT2D eigenvalue weighted by atomic mass is 35.5. The van der Waals surface area contributed by atoms with Gasteiger partial charge in [0.2, 0.25) is 0 Å². The average Bonchev–Trinajstić information content (AvgIpc) is 3.39. The highest BCUT2D eigenvalue weighted by Gasteiger charge is 2.31. The normalized spacial score (nSPS) is 12.3. The number of nitrogens with zero attached hydrogens (tertiary/aromatic N) is 1. The van der Waals surface area contributed by atoms with Crippen molar-refractivity contribution in [1.29, 1.82) is 0 Å². The van der Waals surface area contributed by atoms with Crippen LogP contribution in [0.15, 0.2) is 84.9 Å². The van der Waals surface area contributed by atoms with Crippen LogP contribution in [0.2, 0.25) is 5.02 Å². The topological polar surface area (TPSA) is 92.3 Å². The maximum Gasteiger partial charge on any atom is 0.573 e. The number of imidazole rings is 1. The van der Waals surface area contributed by atoms with Gasteiger partial charge in [-0.25, -0.2) is 9.78 Å². The molecule has 6 nitrogen and oxygen atoms in total. The molecule has 0 aliphatic heterocycles. The van der Waals surface area contributed by atoms with Crippen LogP contribution in [0.4, 0.5) is 13.2 Å². The number of halogens is 4. The molecule has 43 heavy (non-hydrogen) atoms. The molecular formula is C33H26ClF3N2O4. The van der Waals surface area contributed by atoms with Crippen LogP contribution < -0.4 is 4.74 Å². The Labute approximate surface area is 250 Å². The minimum absolute atomic E-state index is 0.00122. The number of ketones is 1. The van der Waals surface area contributed by atoms with Crippen LogP contribution in [0.1, 0.15) is 58.4 Å². The number of benzene rings is 4. The molecule has 0 fully saturated rings. The van der Waals surface area contributed by atoms with Gasteiger partial charge >= 0.3 is 12.3 Å². The number of Topliss-reactive ketones (excluding diaryl/α,β-unsaturated/α-hetero) is 1. The van der Waals surface area contributed by atoms with Crippen molar-refractivity contribution < 1.29 is 32.6 Å². The quantitative estimate of drug-likeness (QED) is 0.155. The lowest BCUT2D eigenvalue weighted by molar-refractivity contribution is -0.274. The second-order valence-electron chi connectivity index (χ2n) is 10.1. The van der Waals surface area contributed by atoms with Crippen LogP contribution in [-0.2, 0) is 0 Å². The molecule has 0 aliphatic rings. The van der Waals surface area contributed by atoms with Crippen LogP contribution >= 0.6 is 11.6 Å². The van der Waals surface area contributed by atoms with Gasteiger partial charge in [-0.2, -0.15) is 0 Å². The fourth-order valence-electron chi connectivity index (χ4n) is 5.19. The molecule has 0 spiro atoms. The number of fused-ring (bicyclic) bond motifs is 1. The highest BCUT2D eigenvalue weighted by molar-refractivity contribution is 6.31. The van der Waals surface area contributed by atoms with Crippen molar-refractivity contribution in [3.05, 3.63) is 107 Å². The van der Waals surface area contributed by atoms with E-state index in [4.69, 9.17) is 11.6 Å². The molecule has 0 amide bonds. The monoisotopic (exact) mass is 606 g/mol. The summed E-state index contributed by atoms with van der Waals surface area (Å²) in [5.74, 6) is -1.53. The van der Waals surface area contributed by atoms with E-state index in [2.05, 4.69) is 21.6 Å². The van der Waals surface area contributed by atoms with Crippen LogP contribution in [-0.4, -0.2) is 33.2 Å². The molecule has 0 bridgehead atoms. The Kier molecular flexibility index (Phi) is 8.54. The Morgan fingerprint density at radius 2 is 1.70 bits per heavy atom. The third-order valence-corrected chi connectivity index (χ3v) is 7.36. The molecule has 0 aliphatic carbocycles. The summed E-state index contributed by atoms with van der Waals surface area (Å²) in [4.78, 5) is 33.3. The van der Waals surface area contributed by atoms with Gasteiger partial charge in [-0.3, -0.25) is 4.79 Å². The SMILES string of the molecule is CCC[C@@H](CC(=O)c1ccc(-c2cc(Cl)ccc2-c2nc3ccc(OC(F)(F)F)cc3[nH]2)c(C(=O)O)c1)c1ccccc1. The smallest absolute Gasteiger partial charge is 0.478 e. The number of hydrogen-bond donors (Lipinski definition) is 2. The highest BCUT2D eigenvalue weighted by Crippen LogP contribution is 2.37. The Hall–Kier alpha value is -4.63. The van der Waals surface area contributed by atoms with Gasteiger partial charge in [0.05, 0.1) is 16.6 Å². The van der Waals surface area contributed by atoms with E-state index < -0.39 is 18.1 Å². The molecular weight excluding hydrogens is 581 g/mol. The van der Waals surface area contributed by atoms with E-state index in [0.717, 1.165) is 24.5 Å². The lowest BCUT2D eigenvalue weighted by Crippen LogP contribution is -2.16. The summed E-state index contributed by atoms with van der Waals surface area (Å²) in [6.07, 6.45) is -2.91. The zero-order valence-electron chi connectivity index (χ0n) is 22.9. The Bertz CT molecular complexity index is 1800. The predicted octanol–water partition coefficient (Wildman–Crippen LogP) is 9.30. The van der Waals surface area contributed by atoms with Gasteiger partial charge in [0.25, 0.3) is 0 Å². The van der Waals surface area contributed by atoms with Gasteiger partial charge in [-0.05, 0) is 65.4 Å². The van der Waals surface area contributed by atoms with Crippen LogP contribution in [0.5, 0.6) is 5.75 Å². The van der Waals surface area contributed by atoms with E-state index in [-0.39, 0.29) is 40.6 Å². The molecule has 1 heterocycles. The maximum absolute atomic E-state index is 13.4. The molecule has 0 saturated heterocycles. The number of nitrogens with one attached hydrogen (secondary N) is 1. The fourth-order valence-corrected chi connectivity index (χ4v) is 5.36. The van der Waals surface area contributed by atoms with Crippen molar-refractivity contribution in [3.63, 3.8) is 0 Å². The average molecular weight is 607 g/mol. The maximum atomic E-state index is 13.4. The number of carbonyl (C=O) groups is 2. The Morgan fingerprint density at radius 1 is 0.953 bits per heavy atom. The number of aromatic amines is 1. The molecule has 0 saturated carbocycles. The number of carboxylic acid groups (broad SMARTS) is 1. The summed E-state index contributed by atoms with van der Waals surface area (Å²) in [6.45, 7) is 2.05. The van der Waals surface area contributed by atoms with Gasteiger partial charge in [-0.1, -0.05) is 67.4 Å². The minimum Gasteiger partial charge on any atom is -0.478 e. The number of H-pyrrole nitrogens is 1. The van der Waals surface area contributed by atoms with Crippen molar-refractivity contribution in [2.75, 3.05) is 0 Å². The largest absolute Gasteiger partial charge is 0.573 e. The first-order chi connectivity index (χ1) is 20.5. The number of hydrogen-bond acceptors (Lipinski definition) is 4. The standard InChI is InChI=1S/C33H26ClF3N2O4/c1-2-6-20(19-7-4-3-5-8-19)16-30(40)21-9-12-24(27(15-21)32(41)42)26-17-22(34)10-13-25(26)31-38-28-14-11-23(18-29(28)39-31)43-33(35,36)37/h3-5,7-15,17-18,20H,2,6,16H2,1H3,(H,38,39)(H,41,42)/t20-/m0/s1. The lowest BCUT2D eigenvalue weighted by atomic mass is 9.87. The number of ether oxygens (including phenoxy) is 1. The second kappa shape index (κ2) is 12.3.